The van der Waals surface area contributed by atoms with Crippen molar-refractivity contribution in [2.75, 3.05) is 0 Å². The van der Waals surface area contributed by atoms with Crippen LogP contribution in [0.1, 0.15) is 0 Å². The van der Waals surface area contributed by atoms with E-state index in [1.165, 1.54) is 22.7 Å². The molecule has 0 saturated carbocycles. The predicted octanol–water partition coefficient (Wildman–Crippen LogP) is 2.64. The molecule has 0 unspecified atom stereocenters. The lowest BCUT2D eigenvalue weighted by Crippen LogP contribution is -2.30. The van der Waals surface area contributed by atoms with Gasteiger partial charge in [-0.3, -0.25) is 14.0 Å². The highest BCUT2D eigenvalue weighted by atomic mass is 16.3. The second-order valence-corrected chi connectivity index (χ2v) is 6.41. The van der Waals surface area contributed by atoms with Gasteiger partial charge >= 0.3 is 0 Å². The number of pyridine rings is 1. The molecule has 0 aliphatic heterocycles. The van der Waals surface area contributed by atoms with E-state index in [0.29, 0.717) is 22.2 Å². The first-order valence-corrected chi connectivity index (χ1v) is 8.78. The van der Waals surface area contributed by atoms with Gasteiger partial charge in [0.1, 0.15) is 0 Å². The van der Waals surface area contributed by atoms with Gasteiger partial charge in [0.15, 0.2) is 22.6 Å². The molecular weight excluding hydrogens is 370 g/mol. The Hall–Kier alpha value is -4.33. The highest BCUT2D eigenvalue weighted by Crippen LogP contribution is 2.30. The zero-order valence-electron chi connectivity index (χ0n) is 14.9. The summed E-state index contributed by atoms with van der Waals surface area (Å²) in [6.45, 7) is 0. The van der Waals surface area contributed by atoms with Crippen LogP contribution in [0.5, 0.6) is 5.75 Å². The summed E-state index contributed by atoms with van der Waals surface area (Å²) in [5.74, 6) is 0.361. The summed E-state index contributed by atoms with van der Waals surface area (Å²) in [6, 6.07) is 15.1. The smallest absolute Gasteiger partial charge is 0.267 e. The molecule has 5 aromatic rings. The third kappa shape index (κ3) is 2.58. The summed E-state index contributed by atoms with van der Waals surface area (Å²) >= 11 is 0. The van der Waals surface area contributed by atoms with E-state index in [0.717, 1.165) is 0 Å². The first kappa shape index (κ1) is 16.8. The number of azo groups is 1. The van der Waals surface area contributed by atoms with Gasteiger partial charge in [-0.05, 0) is 36.4 Å². The Kier molecular flexibility index (Phi) is 3.70. The van der Waals surface area contributed by atoms with E-state index in [-0.39, 0.29) is 27.4 Å². The molecule has 0 spiro atoms. The van der Waals surface area contributed by atoms with E-state index >= 15 is 0 Å². The molecule has 0 saturated heterocycles. The Bertz CT molecular complexity index is 1600. The van der Waals surface area contributed by atoms with Crippen LogP contribution >= 0.6 is 0 Å². The highest BCUT2D eigenvalue weighted by Gasteiger charge is 2.16. The minimum Gasteiger partial charge on any atom is -0.504 e. The molecule has 0 aliphatic rings. The van der Waals surface area contributed by atoms with Crippen LogP contribution in [0.25, 0.3) is 33.7 Å². The van der Waals surface area contributed by atoms with Crippen LogP contribution in [0.15, 0.2) is 80.6 Å². The fourth-order valence-corrected chi connectivity index (χ4v) is 3.41. The number of benzene rings is 2. The summed E-state index contributed by atoms with van der Waals surface area (Å²) < 4.78 is 1.36. The van der Waals surface area contributed by atoms with Crippen LogP contribution < -0.4 is 16.2 Å². The van der Waals surface area contributed by atoms with Crippen LogP contribution in [-0.4, -0.2) is 19.5 Å². The van der Waals surface area contributed by atoms with E-state index in [2.05, 4.69) is 20.2 Å². The number of nitrogens with one attached hydrogen (secondary N) is 1. The second kappa shape index (κ2) is 6.38. The van der Waals surface area contributed by atoms with Crippen molar-refractivity contribution in [3.63, 3.8) is 0 Å². The molecule has 3 heterocycles. The number of H-pyrrole nitrogens is 1. The molecule has 0 fully saturated rings. The molecular formula is C21H13N5O3. The van der Waals surface area contributed by atoms with Gasteiger partial charge in [-0.1, -0.05) is 18.2 Å². The van der Waals surface area contributed by atoms with Crippen LogP contribution in [0, 0.1) is 0 Å². The molecule has 5 rings (SSSR count). The third-order valence-corrected chi connectivity index (χ3v) is 4.72. The maximum Gasteiger partial charge on any atom is 0.267 e. The van der Waals surface area contributed by atoms with E-state index in [4.69, 9.17) is 0 Å². The van der Waals surface area contributed by atoms with E-state index in [1.807, 2.05) is 0 Å². The fraction of sp³-hybridized carbons (Fsp3) is 0. The Morgan fingerprint density at radius 3 is 2.69 bits per heavy atom. The van der Waals surface area contributed by atoms with Crippen molar-refractivity contribution >= 4 is 39.5 Å². The summed E-state index contributed by atoms with van der Waals surface area (Å²) in [4.78, 5) is 32.9. The molecule has 3 aromatic heterocycles. The first-order chi connectivity index (χ1) is 14.1. The predicted molar refractivity (Wildman–Crippen MR) is 109 cm³/mol. The lowest BCUT2D eigenvalue weighted by Gasteiger charge is -2.02. The van der Waals surface area contributed by atoms with Crippen molar-refractivity contribution in [3.8, 4) is 5.75 Å². The van der Waals surface area contributed by atoms with Gasteiger partial charge in [-0.15, -0.1) is 5.11 Å². The number of aromatic hydroxyl groups is 1. The lowest BCUT2D eigenvalue weighted by molar-refractivity contribution is 0.486. The van der Waals surface area contributed by atoms with Gasteiger partial charge in [-0.25, -0.2) is 4.98 Å². The summed E-state index contributed by atoms with van der Waals surface area (Å²) in [6.07, 6.45) is 2.84. The molecule has 140 valence electrons. The van der Waals surface area contributed by atoms with Crippen LogP contribution in [0.3, 0.4) is 0 Å². The number of aromatic nitrogens is 3. The minimum atomic E-state index is -0.428. The Labute approximate surface area is 162 Å². The van der Waals surface area contributed by atoms with Crippen LogP contribution in [0.2, 0.25) is 0 Å². The largest absolute Gasteiger partial charge is 0.504 e. The van der Waals surface area contributed by atoms with Crippen molar-refractivity contribution < 1.29 is 5.11 Å². The average Bonchev–Trinajstić information content (AvgIpc) is 3.03. The SMILES string of the molecule is O=c1ccc2[nH]c3c(O)c4ccccc4n3c(=O)c2/c1=C/N=Nc1ccccn1. The lowest BCUT2D eigenvalue weighted by atomic mass is 10.2. The van der Waals surface area contributed by atoms with Crippen molar-refractivity contribution in [1.82, 2.24) is 14.4 Å². The molecule has 0 aliphatic carbocycles. The maximum absolute atomic E-state index is 13.3. The number of para-hydroxylation sites is 1. The molecule has 8 heteroatoms. The highest BCUT2D eigenvalue weighted by molar-refractivity contribution is 5.96. The summed E-state index contributed by atoms with van der Waals surface area (Å²) in [5, 5.41) is 19.2. The van der Waals surface area contributed by atoms with Gasteiger partial charge < -0.3 is 10.1 Å². The van der Waals surface area contributed by atoms with Gasteiger partial charge in [0, 0.05) is 11.6 Å². The number of fused-ring (bicyclic) bond motifs is 4. The Morgan fingerprint density at radius 2 is 1.86 bits per heavy atom. The van der Waals surface area contributed by atoms with Crippen molar-refractivity contribution in [1.29, 1.82) is 0 Å². The zero-order chi connectivity index (χ0) is 20.0. The number of aromatic amines is 1. The quantitative estimate of drug-likeness (QED) is 0.456. The standard InChI is InChI=1S/C21H13N5O3/c27-16-9-8-14-18(13(16)11-23-25-17-7-3-4-10-22-17)21(29)26-15-6-2-1-5-12(15)19(28)20(26)24-14/h1-11,24,28H/b13-11+,25-23?. The van der Waals surface area contributed by atoms with Gasteiger partial charge in [0.05, 0.1) is 27.8 Å². The average molecular weight is 383 g/mol. The molecule has 0 amide bonds. The van der Waals surface area contributed by atoms with E-state index in [1.54, 1.807) is 48.7 Å². The molecule has 2 aromatic carbocycles. The summed E-state index contributed by atoms with van der Waals surface area (Å²) in [5.41, 5.74) is 0.439. The molecule has 0 atom stereocenters. The normalized spacial score (nSPS) is 12.6. The van der Waals surface area contributed by atoms with Crippen LogP contribution in [-0.2, 0) is 0 Å². The molecule has 8 nitrogen and oxygen atoms in total. The van der Waals surface area contributed by atoms with Crippen molar-refractivity contribution in [2.24, 2.45) is 10.2 Å². The molecule has 0 bridgehead atoms. The number of hydrogen-bond acceptors (Lipinski definition) is 6. The van der Waals surface area contributed by atoms with Crippen LogP contribution in [0.4, 0.5) is 5.82 Å². The molecule has 0 radical (unpaired) electrons. The molecule has 2 N–H and O–H groups in total. The van der Waals surface area contributed by atoms with Crippen molar-refractivity contribution in [3.05, 3.63) is 86.6 Å². The number of hydrogen-bond donors (Lipinski definition) is 2. The number of nitrogens with zero attached hydrogens (tertiary/aromatic N) is 4. The van der Waals surface area contributed by atoms with Crippen molar-refractivity contribution in [2.45, 2.75) is 0 Å². The van der Waals surface area contributed by atoms with Gasteiger partial charge in [0.2, 0.25) is 0 Å². The maximum atomic E-state index is 13.3. The number of rotatable bonds is 2. The summed E-state index contributed by atoms with van der Waals surface area (Å²) in [7, 11) is 0. The zero-order valence-corrected chi connectivity index (χ0v) is 14.9. The fourth-order valence-electron chi connectivity index (χ4n) is 3.41. The second-order valence-electron chi connectivity index (χ2n) is 6.41. The van der Waals surface area contributed by atoms with Gasteiger partial charge in [0.25, 0.3) is 5.56 Å². The Balaban J connectivity index is 1.87. The van der Waals surface area contributed by atoms with Gasteiger partial charge in [-0.2, -0.15) is 5.11 Å². The third-order valence-electron chi connectivity index (χ3n) is 4.72. The van der Waals surface area contributed by atoms with E-state index < -0.39 is 5.56 Å². The Morgan fingerprint density at radius 1 is 1.03 bits per heavy atom. The van der Waals surface area contributed by atoms with E-state index in [9.17, 15) is 14.7 Å². The topological polar surface area (TPSA) is 112 Å². The first-order valence-electron chi connectivity index (χ1n) is 8.78. The minimum absolute atomic E-state index is 0.0221. The molecule has 29 heavy (non-hydrogen) atoms. The monoisotopic (exact) mass is 383 g/mol.